The van der Waals surface area contributed by atoms with Gasteiger partial charge in [0.25, 0.3) is 0 Å². The number of nitrogens with zero attached hydrogens (tertiary/aromatic N) is 3. The topological polar surface area (TPSA) is 122 Å². The maximum Gasteiger partial charge on any atom is 0.245 e. The van der Waals surface area contributed by atoms with Crippen molar-refractivity contribution in [1.82, 2.24) is 14.9 Å². The van der Waals surface area contributed by atoms with Gasteiger partial charge in [0, 0.05) is 31.5 Å². The Hall–Kier alpha value is -4.04. The van der Waals surface area contributed by atoms with E-state index in [1.165, 1.54) is 12.4 Å². The van der Waals surface area contributed by atoms with Crippen LogP contribution in [0.25, 0.3) is 0 Å². The molecule has 1 fully saturated rings. The van der Waals surface area contributed by atoms with Crippen LogP contribution in [-0.4, -0.2) is 45.6 Å². The van der Waals surface area contributed by atoms with Gasteiger partial charge in [0.1, 0.15) is 29.2 Å². The van der Waals surface area contributed by atoms with Crippen LogP contribution in [0.5, 0.6) is 11.5 Å². The molecule has 2 heterocycles. The lowest BCUT2D eigenvalue weighted by Gasteiger charge is -2.29. The third-order valence-electron chi connectivity index (χ3n) is 5.70. The smallest absolute Gasteiger partial charge is 0.245 e. The van der Waals surface area contributed by atoms with E-state index in [1.54, 1.807) is 4.90 Å². The molecule has 5 N–H and O–H groups in total. The number of rotatable bonds is 7. The number of aromatic nitrogens is 2. The highest BCUT2D eigenvalue weighted by molar-refractivity contribution is 6.15. The summed E-state index contributed by atoms with van der Waals surface area (Å²) < 4.78 is 5.84. The highest BCUT2D eigenvalue weighted by Gasteiger charge is 2.27. The van der Waals surface area contributed by atoms with Gasteiger partial charge in [-0.25, -0.2) is 4.98 Å². The number of carbonyl (C=O) groups is 1. The quantitative estimate of drug-likeness (QED) is 0.383. The molecular weight excluding hydrogens is 416 g/mol. The lowest BCUT2D eigenvalue weighted by Crippen LogP contribution is -2.86. The van der Waals surface area contributed by atoms with Crippen molar-refractivity contribution in [1.29, 1.82) is 5.41 Å². The van der Waals surface area contributed by atoms with Crippen molar-refractivity contribution in [2.24, 2.45) is 0 Å². The number of hydrogen-bond donors (Lipinski definition) is 3. The molecule has 1 aromatic heterocycles. The predicted octanol–water partition coefficient (Wildman–Crippen LogP) is 2.64. The van der Waals surface area contributed by atoms with E-state index in [9.17, 15) is 4.79 Å². The van der Waals surface area contributed by atoms with Gasteiger partial charge < -0.3 is 15.4 Å². The molecule has 8 nitrogen and oxygen atoms in total. The second-order valence-corrected chi connectivity index (χ2v) is 7.87. The fraction of sp³-hybridized carbons (Fsp3) is 0.200. The van der Waals surface area contributed by atoms with Crippen LogP contribution in [0.1, 0.15) is 24.0 Å². The van der Waals surface area contributed by atoms with Crippen molar-refractivity contribution < 1.29 is 14.8 Å². The summed E-state index contributed by atoms with van der Waals surface area (Å²) in [5, 5.41) is 10.8. The molecule has 3 aromatic rings. The summed E-state index contributed by atoms with van der Waals surface area (Å²) in [5.41, 5.74) is 7.64. The average Bonchev–Trinajstić information content (AvgIpc) is 2.85. The van der Waals surface area contributed by atoms with Gasteiger partial charge in [-0.15, -0.1) is 0 Å². The third-order valence-corrected chi connectivity index (χ3v) is 5.70. The Morgan fingerprint density at radius 2 is 1.76 bits per heavy atom. The Bertz CT molecular complexity index is 1140. The molecule has 0 aliphatic carbocycles. The molecule has 2 aromatic carbocycles. The number of hydrogen-bond acceptors (Lipinski definition) is 6. The molecule has 4 rings (SSSR count). The van der Waals surface area contributed by atoms with Crippen LogP contribution >= 0.6 is 0 Å². The number of nitrogens with two attached hydrogens (primary N) is 2. The largest absolute Gasteiger partial charge is 0.457 e. The van der Waals surface area contributed by atoms with Gasteiger partial charge in [0.05, 0.1) is 11.8 Å². The van der Waals surface area contributed by atoms with Crippen LogP contribution in [0.4, 0.5) is 11.6 Å². The summed E-state index contributed by atoms with van der Waals surface area (Å²) in [7, 11) is 0. The van der Waals surface area contributed by atoms with E-state index in [-0.39, 0.29) is 23.5 Å². The molecule has 1 aliphatic heterocycles. The molecule has 0 bridgehead atoms. The highest BCUT2D eigenvalue weighted by atomic mass is 16.5. The van der Waals surface area contributed by atoms with Crippen LogP contribution in [0.3, 0.4) is 0 Å². The Balaban J connectivity index is 1.48. The zero-order valence-electron chi connectivity index (χ0n) is 18.3. The van der Waals surface area contributed by atoms with Gasteiger partial charge in [0.15, 0.2) is 0 Å². The van der Waals surface area contributed by atoms with E-state index in [1.807, 2.05) is 59.9 Å². The van der Waals surface area contributed by atoms with E-state index in [4.69, 9.17) is 15.9 Å². The van der Waals surface area contributed by atoms with Crippen LogP contribution in [0, 0.1) is 5.41 Å². The number of piperidine rings is 1. The van der Waals surface area contributed by atoms with E-state index in [2.05, 4.69) is 16.5 Å². The third kappa shape index (κ3) is 5.24. The number of anilines is 1. The standard InChI is InChI=1S/C25H26N6O2/c1-2-21(32)31-14-12-18(13-15-31)30-25-22(24(27)28-16-29-25)23(26)17-8-10-20(11-9-17)33-19-6-4-3-5-7-19/h2-11,16,18,26H,1,12-15H2,(H3,27,28,29,30)/p+1. The number of nitrogens with one attached hydrogen (secondary N) is 1. The second-order valence-electron chi connectivity index (χ2n) is 7.87. The van der Waals surface area contributed by atoms with Gasteiger partial charge in [-0.1, -0.05) is 24.8 Å². The number of benzene rings is 2. The first-order valence-electron chi connectivity index (χ1n) is 10.8. The number of quaternary nitrogens is 1. The maximum absolute atomic E-state index is 11.8. The fourth-order valence-corrected chi connectivity index (χ4v) is 3.89. The van der Waals surface area contributed by atoms with E-state index < -0.39 is 0 Å². The summed E-state index contributed by atoms with van der Waals surface area (Å²) in [5.74, 6) is 2.30. The predicted molar refractivity (Wildman–Crippen MR) is 127 cm³/mol. The zero-order valence-corrected chi connectivity index (χ0v) is 18.3. The Morgan fingerprint density at radius 3 is 2.42 bits per heavy atom. The molecule has 0 saturated carbocycles. The van der Waals surface area contributed by atoms with Crippen molar-refractivity contribution in [2.75, 3.05) is 18.8 Å². The summed E-state index contributed by atoms with van der Waals surface area (Å²) in [6.07, 6.45) is 4.42. The summed E-state index contributed by atoms with van der Waals surface area (Å²) in [6.45, 7) is 4.89. The number of amides is 1. The molecule has 8 heteroatoms. The zero-order chi connectivity index (χ0) is 23.2. The molecule has 1 amide bonds. The summed E-state index contributed by atoms with van der Waals surface area (Å²) in [6, 6.07) is 17.1. The molecule has 0 spiro atoms. The molecule has 168 valence electrons. The fourth-order valence-electron chi connectivity index (χ4n) is 3.89. The molecular formula is C25H27N6O2+. The molecule has 1 aliphatic rings. The molecule has 0 radical (unpaired) electrons. The van der Waals surface area contributed by atoms with Gasteiger partial charge in [-0.3, -0.25) is 15.5 Å². The van der Waals surface area contributed by atoms with E-state index in [0.717, 1.165) is 18.6 Å². The minimum atomic E-state index is -0.0399. The second kappa shape index (κ2) is 10.1. The number of para-hydroxylation sites is 1. The Labute approximate surface area is 192 Å². The SMILES string of the molecule is C=CC(=O)N1CCC([NH2+]c2ncnc(N)c2C(=N)c2ccc(Oc3ccccc3)cc2)CC1. The minimum absolute atomic E-state index is 0.0399. The summed E-state index contributed by atoms with van der Waals surface area (Å²) in [4.78, 5) is 22.2. The molecule has 1 saturated heterocycles. The van der Waals surface area contributed by atoms with E-state index in [0.29, 0.717) is 35.8 Å². The van der Waals surface area contributed by atoms with Crippen molar-refractivity contribution in [3.8, 4) is 11.5 Å². The highest BCUT2D eigenvalue weighted by Crippen LogP contribution is 2.24. The van der Waals surface area contributed by atoms with Gasteiger partial charge in [0.2, 0.25) is 11.7 Å². The van der Waals surface area contributed by atoms with Crippen LogP contribution < -0.4 is 15.8 Å². The van der Waals surface area contributed by atoms with Crippen molar-refractivity contribution in [3.63, 3.8) is 0 Å². The molecule has 0 unspecified atom stereocenters. The first-order valence-corrected chi connectivity index (χ1v) is 10.8. The average molecular weight is 444 g/mol. The maximum atomic E-state index is 11.8. The molecule has 33 heavy (non-hydrogen) atoms. The van der Waals surface area contributed by atoms with E-state index >= 15 is 0 Å². The van der Waals surface area contributed by atoms with Gasteiger partial charge in [-0.2, -0.15) is 4.98 Å². The number of carbonyl (C=O) groups excluding carboxylic acids is 1. The van der Waals surface area contributed by atoms with Crippen molar-refractivity contribution in [3.05, 3.63) is 84.7 Å². The first-order chi connectivity index (χ1) is 16.0. The lowest BCUT2D eigenvalue weighted by atomic mass is 10.0. The minimum Gasteiger partial charge on any atom is -0.457 e. The first kappa shape index (κ1) is 22.2. The van der Waals surface area contributed by atoms with Gasteiger partial charge >= 0.3 is 0 Å². The van der Waals surface area contributed by atoms with Crippen molar-refractivity contribution >= 4 is 23.3 Å². The molecule has 0 atom stereocenters. The number of ether oxygens (including phenoxy) is 1. The number of likely N-dealkylation sites (tertiary alicyclic amines) is 1. The lowest BCUT2D eigenvalue weighted by molar-refractivity contribution is -0.617. The summed E-state index contributed by atoms with van der Waals surface area (Å²) >= 11 is 0. The number of nitrogen functional groups attached to an aromatic ring is 1. The van der Waals surface area contributed by atoms with Crippen LogP contribution in [0.2, 0.25) is 0 Å². The Kier molecular flexibility index (Phi) is 6.75. The monoisotopic (exact) mass is 443 g/mol. The van der Waals surface area contributed by atoms with Gasteiger partial charge in [-0.05, 0) is 42.5 Å². The van der Waals surface area contributed by atoms with Crippen LogP contribution in [0.15, 0.2) is 73.6 Å². The normalized spacial score (nSPS) is 14.0. The Morgan fingerprint density at radius 1 is 1.09 bits per heavy atom. The van der Waals surface area contributed by atoms with Crippen molar-refractivity contribution in [2.45, 2.75) is 18.9 Å². The van der Waals surface area contributed by atoms with Crippen LogP contribution in [-0.2, 0) is 4.79 Å².